The maximum atomic E-state index is 13.2. The van der Waals surface area contributed by atoms with Crippen molar-refractivity contribution in [2.24, 2.45) is 5.73 Å². The number of nitrogens with two attached hydrogens (primary N) is 1. The topological polar surface area (TPSA) is 55.5 Å². The van der Waals surface area contributed by atoms with Crippen LogP contribution in [0.1, 0.15) is 13.3 Å². The van der Waals surface area contributed by atoms with Crippen molar-refractivity contribution in [3.05, 3.63) is 29.1 Å². The lowest BCUT2D eigenvalue weighted by molar-refractivity contribution is 0.0439. The molecule has 0 saturated heterocycles. The third-order valence-electron chi connectivity index (χ3n) is 2.50. The van der Waals surface area contributed by atoms with Crippen molar-refractivity contribution in [1.82, 2.24) is 0 Å². The second kappa shape index (κ2) is 5.70. The molecule has 1 atom stereocenters. The molecule has 0 aromatic heterocycles. The Labute approximate surface area is 105 Å². The second-order valence-corrected chi connectivity index (χ2v) is 4.20. The number of hydrogen-bond donors (Lipinski definition) is 2. The molecule has 8 heteroatoms. The van der Waals surface area contributed by atoms with Gasteiger partial charge in [0.05, 0.1) is 12.2 Å². The van der Waals surface area contributed by atoms with Crippen LogP contribution in [0.5, 0.6) is 5.75 Å². The normalized spacial score (nSPS) is 14.3. The van der Waals surface area contributed by atoms with Crippen LogP contribution in [0.3, 0.4) is 0 Å². The largest absolute Gasteiger partial charge is 0.487 e. The molecule has 1 aromatic rings. The van der Waals surface area contributed by atoms with Crippen LogP contribution in [-0.4, -0.2) is 23.9 Å². The molecule has 0 aliphatic carbocycles. The second-order valence-electron chi connectivity index (χ2n) is 4.20. The van der Waals surface area contributed by atoms with Crippen LogP contribution in [0.2, 0.25) is 0 Å². The molecule has 19 heavy (non-hydrogen) atoms. The highest BCUT2D eigenvalue weighted by molar-refractivity contribution is 5.29. The molecule has 0 heterocycles. The third kappa shape index (κ3) is 3.32. The van der Waals surface area contributed by atoms with Gasteiger partial charge in [0.2, 0.25) is 29.1 Å². The summed E-state index contributed by atoms with van der Waals surface area (Å²) in [7, 11) is 0. The maximum absolute atomic E-state index is 13.2. The van der Waals surface area contributed by atoms with Crippen molar-refractivity contribution >= 4 is 0 Å². The molecule has 0 spiro atoms. The first-order valence-electron chi connectivity index (χ1n) is 5.28. The van der Waals surface area contributed by atoms with Gasteiger partial charge < -0.3 is 15.6 Å². The molecular weight excluding hydrogens is 273 g/mol. The van der Waals surface area contributed by atoms with E-state index in [4.69, 9.17) is 5.73 Å². The zero-order chi connectivity index (χ0) is 14.8. The van der Waals surface area contributed by atoms with E-state index in [-0.39, 0.29) is 13.0 Å². The van der Waals surface area contributed by atoms with E-state index < -0.39 is 47.0 Å². The Morgan fingerprint density at radius 1 is 1.00 bits per heavy atom. The average Bonchev–Trinajstić information content (AvgIpc) is 2.38. The van der Waals surface area contributed by atoms with Crippen molar-refractivity contribution in [3.8, 4) is 5.75 Å². The maximum Gasteiger partial charge on any atom is 0.206 e. The van der Waals surface area contributed by atoms with Crippen LogP contribution in [0, 0.1) is 29.1 Å². The molecule has 0 radical (unpaired) electrons. The Hall–Kier alpha value is -1.41. The Bertz CT molecular complexity index is 450. The first-order valence-corrected chi connectivity index (χ1v) is 5.28. The fraction of sp³-hybridized carbons (Fsp3) is 0.455. The number of ether oxygens (including phenoxy) is 1. The highest BCUT2D eigenvalue weighted by Crippen LogP contribution is 2.29. The minimum atomic E-state index is -2.25. The number of benzene rings is 1. The minimum Gasteiger partial charge on any atom is -0.487 e. The number of halogens is 5. The van der Waals surface area contributed by atoms with Gasteiger partial charge in [0, 0.05) is 13.0 Å². The zero-order valence-electron chi connectivity index (χ0n) is 9.94. The van der Waals surface area contributed by atoms with E-state index in [9.17, 15) is 27.1 Å². The SMILES string of the molecule is CC(O)(CN)CCOc1c(F)c(F)c(F)c(F)c1F. The summed E-state index contributed by atoms with van der Waals surface area (Å²) in [6, 6.07) is 0. The summed E-state index contributed by atoms with van der Waals surface area (Å²) >= 11 is 0. The van der Waals surface area contributed by atoms with E-state index >= 15 is 0 Å². The van der Waals surface area contributed by atoms with Gasteiger partial charge in [-0.3, -0.25) is 0 Å². The van der Waals surface area contributed by atoms with Crippen LogP contribution >= 0.6 is 0 Å². The summed E-state index contributed by atoms with van der Waals surface area (Å²) in [5.41, 5.74) is 3.83. The van der Waals surface area contributed by atoms with Gasteiger partial charge >= 0.3 is 0 Å². The molecule has 108 valence electrons. The Balaban J connectivity index is 2.91. The van der Waals surface area contributed by atoms with E-state index in [2.05, 4.69) is 4.74 Å². The smallest absolute Gasteiger partial charge is 0.206 e. The van der Waals surface area contributed by atoms with Gasteiger partial charge in [-0.25, -0.2) is 13.2 Å². The fourth-order valence-corrected chi connectivity index (χ4v) is 1.19. The van der Waals surface area contributed by atoms with Crippen molar-refractivity contribution in [2.75, 3.05) is 13.2 Å². The molecule has 1 rings (SSSR count). The van der Waals surface area contributed by atoms with Crippen LogP contribution in [-0.2, 0) is 0 Å². The van der Waals surface area contributed by atoms with E-state index in [0.29, 0.717) is 0 Å². The summed E-state index contributed by atoms with van der Waals surface area (Å²) in [5, 5.41) is 9.49. The van der Waals surface area contributed by atoms with Gasteiger partial charge in [0.1, 0.15) is 0 Å². The molecule has 3 nitrogen and oxygen atoms in total. The lowest BCUT2D eigenvalue weighted by atomic mass is 10.0. The molecule has 0 aliphatic heterocycles. The Morgan fingerprint density at radius 2 is 1.42 bits per heavy atom. The molecule has 1 aromatic carbocycles. The lowest BCUT2D eigenvalue weighted by Crippen LogP contribution is -2.35. The van der Waals surface area contributed by atoms with E-state index in [1.807, 2.05) is 0 Å². The predicted molar refractivity (Wildman–Crippen MR) is 56.0 cm³/mol. The quantitative estimate of drug-likeness (QED) is 0.493. The van der Waals surface area contributed by atoms with Crippen molar-refractivity contribution in [2.45, 2.75) is 18.9 Å². The number of rotatable bonds is 5. The van der Waals surface area contributed by atoms with Gasteiger partial charge in [0.25, 0.3) is 0 Å². The standard InChI is InChI=1S/C11H12F5NO2/c1-11(18,4-17)2-3-19-10-8(15)6(13)5(12)7(14)9(10)16/h18H,2-4,17H2,1H3. The summed E-state index contributed by atoms with van der Waals surface area (Å²) in [6.07, 6.45) is -0.136. The molecule has 0 fully saturated rings. The highest BCUT2D eigenvalue weighted by atomic mass is 19.2. The van der Waals surface area contributed by atoms with Gasteiger partial charge in [-0.05, 0) is 6.92 Å². The van der Waals surface area contributed by atoms with E-state index in [1.54, 1.807) is 0 Å². The zero-order valence-corrected chi connectivity index (χ0v) is 9.94. The lowest BCUT2D eigenvalue weighted by Gasteiger charge is -2.21. The average molecular weight is 285 g/mol. The monoisotopic (exact) mass is 285 g/mol. The van der Waals surface area contributed by atoms with Crippen LogP contribution < -0.4 is 10.5 Å². The van der Waals surface area contributed by atoms with Gasteiger partial charge in [-0.2, -0.15) is 8.78 Å². The Morgan fingerprint density at radius 3 is 1.84 bits per heavy atom. The molecule has 0 bridgehead atoms. The van der Waals surface area contributed by atoms with Crippen LogP contribution in [0.25, 0.3) is 0 Å². The first-order chi connectivity index (χ1) is 8.71. The number of hydrogen-bond acceptors (Lipinski definition) is 3. The van der Waals surface area contributed by atoms with Crippen LogP contribution in [0.4, 0.5) is 22.0 Å². The summed E-state index contributed by atoms with van der Waals surface area (Å²) < 4.78 is 69.2. The molecule has 1 unspecified atom stereocenters. The van der Waals surface area contributed by atoms with Crippen molar-refractivity contribution < 1.29 is 31.8 Å². The first kappa shape index (κ1) is 15.6. The molecule has 0 saturated carbocycles. The third-order valence-corrected chi connectivity index (χ3v) is 2.50. The molecule has 0 amide bonds. The van der Waals surface area contributed by atoms with Crippen molar-refractivity contribution in [3.63, 3.8) is 0 Å². The van der Waals surface area contributed by atoms with E-state index in [0.717, 1.165) is 0 Å². The van der Waals surface area contributed by atoms with Gasteiger partial charge in [0.15, 0.2) is 5.75 Å². The Kier molecular flexibility index (Phi) is 4.70. The molecule has 3 N–H and O–H groups in total. The summed E-state index contributed by atoms with van der Waals surface area (Å²) in [5.74, 6) is -11.9. The predicted octanol–water partition coefficient (Wildman–Crippen LogP) is 1.86. The molecular formula is C11H12F5NO2. The number of aliphatic hydroxyl groups is 1. The minimum absolute atomic E-state index is 0.136. The summed E-state index contributed by atoms with van der Waals surface area (Å²) in [4.78, 5) is 0. The summed E-state index contributed by atoms with van der Waals surface area (Å²) in [6.45, 7) is 0.741. The van der Waals surface area contributed by atoms with E-state index in [1.165, 1.54) is 6.92 Å². The highest BCUT2D eigenvalue weighted by Gasteiger charge is 2.27. The van der Waals surface area contributed by atoms with Gasteiger partial charge in [-0.15, -0.1) is 0 Å². The molecule has 0 aliphatic rings. The van der Waals surface area contributed by atoms with Gasteiger partial charge in [-0.1, -0.05) is 0 Å². The van der Waals surface area contributed by atoms with Crippen LogP contribution in [0.15, 0.2) is 0 Å². The van der Waals surface area contributed by atoms with Crippen molar-refractivity contribution in [1.29, 1.82) is 0 Å². The fourth-order valence-electron chi connectivity index (χ4n) is 1.19.